The van der Waals surface area contributed by atoms with Crippen molar-refractivity contribution in [1.29, 1.82) is 0 Å². The number of sulfonamides is 1. The molecule has 0 spiro atoms. The van der Waals surface area contributed by atoms with Crippen LogP contribution in [0.2, 0.25) is 0 Å². The second kappa shape index (κ2) is 5.45. The first-order chi connectivity index (χ1) is 9.74. The molecule has 114 valence electrons. The fraction of sp³-hybridized carbons (Fsp3) is 0.385. The van der Waals surface area contributed by atoms with Crippen LogP contribution in [0.5, 0.6) is 0 Å². The fourth-order valence-corrected chi connectivity index (χ4v) is 3.99. The van der Waals surface area contributed by atoms with Crippen LogP contribution in [0.1, 0.15) is 29.9 Å². The first-order valence-electron chi connectivity index (χ1n) is 6.46. The number of rotatable bonds is 4. The zero-order valence-corrected chi connectivity index (χ0v) is 13.3. The Morgan fingerprint density at radius 1 is 1.33 bits per heavy atom. The molecule has 3 N–H and O–H groups in total. The topological polar surface area (TPSA) is 103 Å². The van der Waals surface area contributed by atoms with Gasteiger partial charge in [-0.25, -0.2) is 13.1 Å². The number of nitrogens with zero attached hydrogens (tertiary/aromatic N) is 3. The van der Waals surface area contributed by atoms with E-state index >= 15 is 0 Å². The predicted molar refractivity (Wildman–Crippen MR) is 80.1 cm³/mol. The molecule has 2 rings (SSSR count). The molecule has 0 saturated carbocycles. The van der Waals surface area contributed by atoms with Gasteiger partial charge in [0.1, 0.15) is 12.2 Å². The zero-order valence-electron chi connectivity index (χ0n) is 12.5. The lowest BCUT2D eigenvalue weighted by molar-refractivity contribution is 0.552. The van der Waals surface area contributed by atoms with Gasteiger partial charge in [0.2, 0.25) is 10.0 Å². The number of hydrogen-bond donors (Lipinski definition) is 2. The van der Waals surface area contributed by atoms with Crippen molar-refractivity contribution in [2.75, 3.05) is 5.73 Å². The van der Waals surface area contributed by atoms with Crippen molar-refractivity contribution in [2.45, 2.75) is 31.7 Å². The highest BCUT2D eigenvalue weighted by Gasteiger charge is 2.25. The van der Waals surface area contributed by atoms with Gasteiger partial charge in [0.05, 0.1) is 10.9 Å². The van der Waals surface area contributed by atoms with E-state index < -0.39 is 16.1 Å². The van der Waals surface area contributed by atoms with Gasteiger partial charge >= 0.3 is 0 Å². The highest BCUT2D eigenvalue weighted by molar-refractivity contribution is 7.89. The third-order valence-electron chi connectivity index (χ3n) is 3.38. The van der Waals surface area contributed by atoms with Crippen LogP contribution < -0.4 is 10.5 Å². The summed E-state index contributed by atoms with van der Waals surface area (Å²) in [5.41, 5.74) is 7.47. The Hall–Kier alpha value is -1.93. The van der Waals surface area contributed by atoms with Crippen molar-refractivity contribution in [2.24, 2.45) is 7.05 Å². The summed E-state index contributed by atoms with van der Waals surface area (Å²) < 4.78 is 29.5. The predicted octanol–water partition coefficient (Wildman–Crippen LogP) is 1.05. The van der Waals surface area contributed by atoms with E-state index in [0.717, 1.165) is 0 Å². The van der Waals surface area contributed by atoms with Crippen molar-refractivity contribution in [1.82, 2.24) is 19.5 Å². The number of nitrogens with one attached hydrogen (secondary N) is 1. The zero-order chi connectivity index (χ0) is 15.8. The number of aromatic nitrogens is 3. The van der Waals surface area contributed by atoms with Crippen LogP contribution in [0, 0.1) is 13.8 Å². The molecule has 1 aromatic carbocycles. The Kier molecular flexibility index (Phi) is 4.02. The molecule has 1 heterocycles. The van der Waals surface area contributed by atoms with Gasteiger partial charge in [0.25, 0.3) is 0 Å². The second-order valence-corrected chi connectivity index (χ2v) is 6.72. The molecule has 0 amide bonds. The molecule has 7 nitrogen and oxygen atoms in total. The molecule has 1 aromatic heterocycles. The Morgan fingerprint density at radius 2 is 2.00 bits per heavy atom. The molecule has 2 aromatic rings. The molecule has 0 aliphatic rings. The molecule has 1 unspecified atom stereocenters. The van der Waals surface area contributed by atoms with E-state index in [9.17, 15) is 8.42 Å². The van der Waals surface area contributed by atoms with E-state index in [1.54, 1.807) is 44.5 Å². The lowest BCUT2D eigenvalue weighted by atomic mass is 10.1. The van der Waals surface area contributed by atoms with E-state index in [1.165, 1.54) is 6.33 Å². The van der Waals surface area contributed by atoms with Crippen molar-refractivity contribution in [3.8, 4) is 0 Å². The summed E-state index contributed by atoms with van der Waals surface area (Å²) in [6.45, 7) is 5.16. The fourth-order valence-electron chi connectivity index (χ4n) is 2.28. The standard InChI is InChI=1S/C13H19N5O2S/c1-8-5-6-11(14)9(2)12(8)21(19,20)17-10(3)13-16-15-7-18(13)4/h5-7,10,17H,14H2,1-4H3. The molecule has 21 heavy (non-hydrogen) atoms. The van der Waals surface area contributed by atoms with Gasteiger partial charge < -0.3 is 10.3 Å². The van der Waals surface area contributed by atoms with Gasteiger partial charge in [-0.3, -0.25) is 0 Å². The number of hydrogen-bond acceptors (Lipinski definition) is 5. The van der Waals surface area contributed by atoms with E-state index in [-0.39, 0.29) is 4.90 Å². The van der Waals surface area contributed by atoms with Gasteiger partial charge in [-0.05, 0) is 38.0 Å². The van der Waals surface area contributed by atoms with Crippen LogP contribution in [-0.2, 0) is 17.1 Å². The van der Waals surface area contributed by atoms with Crippen LogP contribution in [0.25, 0.3) is 0 Å². The smallest absolute Gasteiger partial charge is 0.241 e. The quantitative estimate of drug-likeness (QED) is 0.822. The van der Waals surface area contributed by atoms with Gasteiger partial charge in [-0.15, -0.1) is 10.2 Å². The summed E-state index contributed by atoms with van der Waals surface area (Å²) in [6, 6.07) is 2.90. The van der Waals surface area contributed by atoms with E-state index in [2.05, 4.69) is 14.9 Å². The lowest BCUT2D eigenvalue weighted by Crippen LogP contribution is -2.29. The number of anilines is 1. The first-order valence-corrected chi connectivity index (χ1v) is 7.94. The summed E-state index contributed by atoms with van der Waals surface area (Å²) in [6.07, 6.45) is 1.52. The maximum Gasteiger partial charge on any atom is 0.241 e. The highest BCUT2D eigenvalue weighted by Crippen LogP contribution is 2.25. The molecular formula is C13H19N5O2S. The summed E-state index contributed by atoms with van der Waals surface area (Å²) in [7, 11) is -1.94. The largest absolute Gasteiger partial charge is 0.398 e. The maximum absolute atomic E-state index is 12.6. The van der Waals surface area contributed by atoms with Crippen LogP contribution in [0.4, 0.5) is 5.69 Å². The van der Waals surface area contributed by atoms with E-state index in [1.807, 2.05) is 0 Å². The summed E-state index contributed by atoms with van der Waals surface area (Å²) >= 11 is 0. The third kappa shape index (κ3) is 2.91. The van der Waals surface area contributed by atoms with Gasteiger partial charge in [0.15, 0.2) is 0 Å². The molecule has 1 atom stereocenters. The van der Waals surface area contributed by atoms with Gasteiger partial charge in [-0.1, -0.05) is 6.07 Å². The van der Waals surface area contributed by atoms with E-state index in [0.29, 0.717) is 22.6 Å². The number of nitrogens with two attached hydrogens (primary N) is 1. The number of benzene rings is 1. The van der Waals surface area contributed by atoms with Crippen LogP contribution >= 0.6 is 0 Å². The molecule has 8 heteroatoms. The van der Waals surface area contributed by atoms with Gasteiger partial charge in [-0.2, -0.15) is 0 Å². The van der Waals surface area contributed by atoms with E-state index in [4.69, 9.17) is 5.73 Å². The minimum atomic E-state index is -3.70. The maximum atomic E-state index is 12.6. The first kappa shape index (κ1) is 15.5. The van der Waals surface area contributed by atoms with Crippen molar-refractivity contribution >= 4 is 15.7 Å². The second-order valence-electron chi connectivity index (χ2n) is 5.07. The Morgan fingerprint density at radius 3 is 2.57 bits per heavy atom. The highest BCUT2D eigenvalue weighted by atomic mass is 32.2. The Bertz CT molecular complexity index is 767. The summed E-state index contributed by atoms with van der Waals surface area (Å²) in [5, 5.41) is 7.67. The number of aryl methyl sites for hydroxylation is 2. The normalized spacial score (nSPS) is 13.3. The molecule has 0 saturated heterocycles. The molecular weight excluding hydrogens is 290 g/mol. The third-order valence-corrected chi connectivity index (χ3v) is 5.21. The molecule has 0 fully saturated rings. The van der Waals surface area contributed by atoms with Crippen molar-refractivity contribution in [3.63, 3.8) is 0 Å². The summed E-state index contributed by atoms with van der Waals surface area (Å²) in [5.74, 6) is 0.540. The molecule has 0 aliphatic carbocycles. The van der Waals surface area contributed by atoms with Crippen LogP contribution in [0.15, 0.2) is 23.4 Å². The van der Waals surface area contributed by atoms with Crippen LogP contribution in [-0.4, -0.2) is 23.2 Å². The SMILES string of the molecule is Cc1ccc(N)c(C)c1S(=O)(=O)NC(C)c1nncn1C. The van der Waals surface area contributed by atoms with Crippen molar-refractivity contribution < 1.29 is 8.42 Å². The monoisotopic (exact) mass is 309 g/mol. The Balaban J connectivity index is 2.40. The van der Waals surface area contributed by atoms with Gasteiger partial charge in [0, 0.05) is 12.7 Å². The van der Waals surface area contributed by atoms with Crippen LogP contribution in [0.3, 0.4) is 0 Å². The minimum Gasteiger partial charge on any atom is -0.398 e. The molecule has 0 radical (unpaired) electrons. The summed E-state index contributed by atoms with van der Waals surface area (Å²) in [4.78, 5) is 0.219. The van der Waals surface area contributed by atoms with Crippen molar-refractivity contribution in [3.05, 3.63) is 35.4 Å². The average molecular weight is 309 g/mol. The molecule has 0 aliphatic heterocycles. The molecule has 0 bridgehead atoms. The number of nitrogen functional groups attached to an aromatic ring is 1. The average Bonchev–Trinajstić information content (AvgIpc) is 2.80. The lowest BCUT2D eigenvalue weighted by Gasteiger charge is -2.17. The Labute approximate surface area is 124 Å². The minimum absolute atomic E-state index is 0.219.